The van der Waals surface area contributed by atoms with Crippen molar-refractivity contribution < 1.29 is 18.8 Å². The Hall–Kier alpha value is -4.49. The van der Waals surface area contributed by atoms with Crippen LogP contribution < -0.4 is 15.4 Å². The summed E-state index contributed by atoms with van der Waals surface area (Å²) >= 11 is 3.51. The Morgan fingerprint density at radius 2 is 1.91 bits per heavy atom. The van der Waals surface area contributed by atoms with Gasteiger partial charge in [-0.15, -0.1) is 0 Å². The molecule has 2 N–H and O–H groups in total. The molecule has 1 aliphatic carbocycles. The van der Waals surface area contributed by atoms with E-state index in [9.17, 15) is 24.6 Å². The second kappa shape index (κ2) is 11.3. The van der Waals surface area contributed by atoms with E-state index in [1.807, 2.05) is 64.1 Å². The van der Waals surface area contributed by atoms with Crippen molar-refractivity contribution in [2.75, 3.05) is 4.90 Å². The zero-order valence-corrected chi connectivity index (χ0v) is 25.8. The number of halogens is 2. The van der Waals surface area contributed by atoms with E-state index >= 15 is 0 Å². The molecule has 3 aromatic carbocycles. The van der Waals surface area contributed by atoms with Crippen molar-refractivity contribution in [2.24, 2.45) is 11.1 Å². The van der Waals surface area contributed by atoms with Gasteiger partial charge in [-0.25, -0.2) is 4.39 Å². The normalized spacial score (nSPS) is 17.9. The maximum Gasteiger partial charge on any atom is 0.296 e. The molecular weight excluding hydrogens is 615 g/mol. The van der Waals surface area contributed by atoms with Crippen LogP contribution in [-0.2, 0) is 11.4 Å². The van der Waals surface area contributed by atoms with Gasteiger partial charge in [0.15, 0.2) is 5.78 Å². The van der Waals surface area contributed by atoms with Crippen molar-refractivity contribution in [1.29, 1.82) is 5.26 Å². The average molecular weight is 646 g/mol. The number of anilines is 1. The van der Waals surface area contributed by atoms with Crippen LogP contribution >= 0.6 is 15.9 Å². The summed E-state index contributed by atoms with van der Waals surface area (Å²) in [5, 5.41) is 22.5. The molecule has 1 atom stereocenters. The highest BCUT2D eigenvalue weighted by Crippen LogP contribution is 2.52. The second-order valence-electron chi connectivity index (χ2n) is 11.7. The van der Waals surface area contributed by atoms with Gasteiger partial charge in [0.05, 0.1) is 33.0 Å². The molecule has 0 saturated heterocycles. The van der Waals surface area contributed by atoms with Crippen LogP contribution in [0.2, 0.25) is 0 Å². The number of nitro benzene ring substituents is 1. The lowest BCUT2D eigenvalue weighted by molar-refractivity contribution is -0.384. The van der Waals surface area contributed by atoms with E-state index in [4.69, 9.17) is 10.5 Å². The summed E-state index contributed by atoms with van der Waals surface area (Å²) in [6.07, 6.45) is 0.588. The van der Waals surface area contributed by atoms with Gasteiger partial charge in [0.2, 0.25) is 0 Å². The Balaban J connectivity index is 1.72. The maximum absolute atomic E-state index is 14.1. The fraction of sp³-hybridized carbons (Fsp3) is 0.273. The van der Waals surface area contributed by atoms with Crippen molar-refractivity contribution in [1.82, 2.24) is 0 Å². The molecule has 0 amide bonds. The number of hydrogen-bond acceptors (Lipinski definition) is 7. The summed E-state index contributed by atoms with van der Waals surface area (Å²) in [6, 6.07) is 16.9. The van der Waals surface area contributed by atoms with Gasteiger partial charge in [0.1, 0.15) is 29.7 Å². The number of hydrogen-bond donors (Lipinski definition) is 1. The molecule has 1 heterocycles. The van der Waals surface area contributed by atoms with Crippen LogP contribution in [0.4, 0.5) is 15.8 Å². The molecule has 3 aromatic rings. The minimum atomic E-state index is -0.790. The van der Waals surface area contributed by atoms with Crippen LogP contribution in [0, 0.1) is 46.5 Å². The molecule has 0 aromatic heterocycles. The molecule has 220 valence electrons. The standard InChI is InChI=1S/C33H30BrFN4O4/c1-18-11-20(17-43-29-8-6-5-7-24(29)34)19(2)22(12-18)30-23(16-36)32(37)38(25-10-9-21(35)13-26(25)39(41)42)27-14-33(3,4)15-28(40)31(27)30/h5-13,30H,14-15,17,37H2,1-4H3. The minimum absolute atomic E-state index is 0.00316. The monoisotopic (exact) mass is 644 g/mol. The summed E-state index contributed by atoms with van der Waals surface area (Å²) in [4.78, 5) is 26.7. The van der Waals surface area contributed by atoms with E-state index in [1.165, 1.54) is 11.0 Å². The summed E-state index contributed by atoms with van der Waals surface area (Å²) in [6.45, 7) is 7.98. The molecule has 0 saturated carbocycles. The largest absolute Gasteiger partial charge is 0.488 e. The fourth-order valence-corrected chi connectivity index (χ4v) is 6.46. The Morgan fingerprint density at radius 1 is 1.19 bits per heavy atom. The third-order valence-corrected chi connectivity index (χ3v) is 8.64. The second-order valence-corrected chi connectivity index (χ2v) is 12.6. The number of nitrogens with zero attached hydrogens (tertiary/aromatic N) is 3. The fourth-order valence-electron chi connectivity index (χ4n) is 6.06. The number of nitrogens with two attached hydrogens (primary N) is 1. The van der Waals surface area contributed by atoms with Gasteiger partial charge < -0.3 is 10.5 Å². The van der Waals surface area contributed by atoms with E-state index in [2.05, 4.69) is 22.0 Å². The van der Waals surface area contributed by atoms with E-state index < -0.39 is 27.8 Å². The molecule has 1 unspecified atom stereocenters. The Kier molecular flexibility index (Phi) is 7.88. The zero-order chi connectivity index (χ0) is 31.2. The first-order chi connectivity index (χ1) is 20.3. The first-order valence-corrected chi connectivity index (χ1v) is 14.5. The number of allylic oxidation sites excluding steroid dienone is 3. The van der Waals surface area contributed by atoms with Gasteiger partial charge in [-0.1, -0.05) is 43.7 Å². The van der Waals surface area contributed by atoms with Crippen molar-refractivity contribution in [3.05, 3.63) is 120 Å². The topological polar surface area (TPSA) is 122 Å². The third-order valence-electron chi connectivity index (χ3n) is 7.99. The summed E-state index contributed by atoms with van der Waals surface area (Å²) in [5.41, 5.74) is 10.0. The van der Waals surface area contributed by atoms with Gasteiger partial charge in [0.25, 0.3) is 5.69 Å². The van der Waals surface area contributed by atoms with Crippen molar-refractivity contribution >= 4 is 33.1 Å². The first-order valence-electron chi connectivity index (χ1n) is 13.7. The predicted octanol–water partition coefficient (Wildman–Crippen LogP) is 7.63. The Bertz CT molecular complexity index is 1790. The van der Waals surface area contributed by atoms with Crippen LogP contribution in [0.1, 0.15) is 54.9 Å². The number of ether oxygens (including phenoxy) is 1. The maximum atomic E-state index is 14.1. The highest BCUT2D eigenvalue weighted by molar-refractivity contribution is 9.10. The average Bonchev–Trinajstić information content (AvgIpc) is 2.93. The molecule has 0 spiro atoms. The molecule has 43 heavy (non-hydrogen) atoms. The lowest BCUT2D eigenvalue weighted by Crippen LogP contribution is -2.42. The van der Waals surface area contributed by atoms with Gasteiger partial charge in [-0.2, -0.15) is 5.26 Å². The number of nitro groups is 1. The summed E-state index contributed by atoms with van der Waals surface area (Å²) in [7, 11) is 0. The quantitative estimate of drug-likeness (QED) is 0.216. The molecule has 8 nitrogen and oxygen atoms in total. The molecule has 0 radical (unpaired) electrons. The summed E-state index contributed by atoms with van der Waals surface area (Å²) < 4.78 is 21.1. The van der Waals surface area contributed by atoms with Gasteiger partial charge >= 0.3 is 0 Å². The van der Waals surface area contributed by atoms with E-state index in [0.717, 1.165) is 38.9 Å². The number of nitriles is 1. The predicted molar refractivity (Wildman–Crippen MR) is 165 cm³/mol. The number of carbonyl (C=O) groups excluding carboxylic acids is 1. The molecule has 0 fully saturated rings. The van der Waals surface area contributed by atoms with Crippen LogP contribution in [0.3, 0.4) is 0 Å². The van der Waals surface area contributed by atoms with Crippen molar-refractivity contribution in [2.45, 2.75) is 53.1 Å². The highest BCUT2D eigenvalue weighted by Gasteiger charge is 2.46. The molecular formula is C33H30BrFN4O4. The highest BCUT2D eigenvalue weighted by atomic mass is 79.9. The third kappa shape index (κ3) is 5.53. The summed E-state index contributed by atoms with van der Waals surface area (Å²) in [5.74, 6) is -1.09. The lowest BCUT2D eigenvalue weighted by atomic mass is 9.68. The number of Topliss-reactive ketones (excluding diaryl/α,β-unsaturated/α-hetero) is 1. The number of carbonyl (C=O) groups is 1. The van der Waals surface area contributed by atoms with Crippen molar-refractivity contribution in [3.8, 4) is 11.8 Å². The smallest absolute Gasteiger partial charge is 0.296 e. The van der Waals surface area contributed by atoms with Crippen LogP contribution in [0.5, 0.6) is 5.75 Å². The number of rotatable bonds is 6. The number of benzene rings is 3. The van der Waals surface area contributed by atoms with E-state index in [0.29, 0.717) is 23.4 Å². The van der Waals surface area contributed by atoms with Crippen LogP contribution in [-0.4, -0.2) is 10.7 Å². The Labute approximate surface area is 257 Å². The van der Waals surface area contributed by atoms with E-state index in [1.54, 1.807) is 0 Å². The first kappa shape index (κ1) is 30.0. The van der Waals surface area contributed by atoms with Gasteiger partial charge in [0, 0.05) is 17.7 Å². The Morgan fingerprint density at radius 3 is 2.58 bits per heavy atom. The molecule has 1 aliphatic heterocycles. The van der Waals surface area contributed by atoms with Crippen LogP contribution in [0.25, 0.3) is 0 Å². The molecule has 10 heteroatoms. The minimum Gasteiger partial charge on any atom is -0.488 e. The van der Waals surface area contributed by atoms with Crippen LogP contribution in [0.15, 0.2) is 81.7 Å². The number of para-hydroxylation sites is 1. The molecule has 2 aliphatic rings. The molecule has 0 bridgehead atoms. The van der Waals surface area contributed by atoms with Gasteiger partial charge in [-0.05, 0) is 82.6 Å². The zero-order valence-electron chi connectivity index (χ0n) is 24.2. The van der Waals surface area contributed by atoms with Gasteiger partial charge in [-0.3, -0.25) is 19.8 Å². The van der Waals surface area contributed by atoms with E-state index in [-0.39, 0.29) is 35.9 Å². The lowest BCUT2D eigenvalue weighted by Gasteiger charge is -2.43. The van der Waals surface area contributed by atoms with Crippen molar-refractivity contribution in [3.63, 3.8) is 0 Å². The number of aryl methyl sites for hydroxylation is 1. The SMILES string of the molecule is Cc1cc(COc2ccccc2Br)c(C)c(C2C(C#N)=C(N)N(c3ccc(F)cc3[N+](=O)[O-])C3=C2C(=O)CC(C)(C)C3)c1. The molecule has 5 rings (SSSR count). The number of ketones is 1.